The molecule has 0 aliphatic rings. The summed E-state index contributed by atoms with van der Waals surface area (Å²) in [6.07, 6.45) is -3.47. The molecular weight excluding hydrogens is 221 g/mol. The highest BCUT2D eigenvalue weighted by Gasteiger charge is 2.32. The van der Waals surface area contributed by atoms with Crippen LogP contribution in [0.2, 0.25) is 0 Å². The van der Waals surface area contributed by atoms with E-state index in [0.717, 1.165) is 12.3 Å². The molecule has 0 heterocycles. The summed E-state index contributed by atoms with van der Waals surface area (Å²) in [6.45, 7) is 1.22. The lowest BCUT2D eigenvalue weighted by molar-refractivity contribution is -0.137. The van der Waals surface area contributed by atoms with Crippen LogP contribution in [-0.2, 0) is 11.0 Å². The number of alkyl halides is 3. The van der Waals surface area contributed by atoms with Gasteiger partial charge in [0.25, 0.3) is 0 Å². The summed E-state index contributed by atoms with van der Waals surface area (Å²) >= 11 is 0. The van der Waals surface area contributed by atoms with E-state index in [1.807, 2.05) is 5.43 Å². The number of amides is 1. The fourth-order valence-corrected chi connectivity index (χ4v) is 1.06. The zero-order valence-corrected chi connectivity index (χ0v) is 8.38. The van der Waals surface area contributed by atoms with Crippen molar-refractivity contribution in [2.24, 2.45) is 5.10 Å². The molecule has 3 nitrogen and oxygen atoms in total. The van der Waals surface area contributed by atoms with E-state index < -0.39 is 17.6 Å². The predicted molar refractivity (Wildman–Crippen MR) is 52.9 cm³/mol. The first-order chi connectivity index (χ1) is 7.41. The van der Waals surface area contributed by atoms with Crippen molar-refractivity contribution in [2.75, 3.05) is 0 Å². The molecule has 0 atom stereocenters. The monoisotopic (exact) mass is 230 g/mol. The van der Waals surface area contributed by atoms with Crippen molar-refractivity contribution < 1.29 is 18.0 Å². The summed E-state index contributed by atoms with van der Waals surface area (Å²) in [5.74, 6) is -0.444. The van der Waals surface area contributed by atoms with Crippen LogP contribution < -0.4 is 5.43 Å². The van der Waals surface area contributed by atoms with Crippen LogP contribution in [0, 0.1) is 0 Å². The number of carbonyl (C=O) groups is 1. The highest BCUT2D eigenvalue weighted by molar-refractivity contribution is 5.83. The Balaban J connectivity index is 2.96. The average Bonchev–Trinajstić information content (AvgIpc) is 2.16. The number of rotatable bonds is 2. The van der Waals surface area contributed by atoms with Crippen LogP contribution in [0.3, 0.4) is 0 Å². The van der Waals surface area contributed by atoms with Gasteiger partial charge in [0.2, 0.25) is 5.91 Å². The molecule has 0 unspecified atom stereocenters. The van der Waals surface area contributed by atoms with Gasteiger partial charge in [0.05, 0.1) is 11.8 Å². The number of nitrogens with zero attached hydrogens (tertiary/aromatic N) is 1. The first-order valence-electron chi connectivity index (χ1n) is 4.37. The van der Waals surface area contributed by atoms with Crippen LogP contribution in [0.15, 0.2) is 29.4 Å². The summed E-state index contributed by atoms with van der Waals surface area (Å²) in [4.78, 5) is 10.5. The Labute approximate surface area is 90.0 Å². The fraction of sp³-hybridized carbons (Fsp3) is 0.200. The number of carbonyl (C=O) groups excluding carboxylic acids is 1. The van der Waals surface area contributed by atoms with Crippen molar-refractivity contribution in [3.05, 3.63) is 35.4 Å². The van der Waals surface area contributed by atoms with E-state index >= 15 is 0 Å². The van der Waals surface area contributed by atoms with E-state index in [2.05, 4.69) is 5.10 Å². The van der Waals surface area contributed by atoms with Crippen LogP contribution in [0.25, 0.3) is 0 Å². The van der Waals surface area contributed by atoms with E-state index in [9.17, 15) is 18.0 Å². The zero-order valence-electron chi connectivity index (χ0n) is 8.38. The summed E-state index contributed by atoms with van der Waals surface area (Å²) in [6, 6.07) is 4.98. The molecule has 0 saturated carbocycles. The van der Waals surface area contributed by atoms with Gasteiger partial charge in [0.15, 0.2) is 0 Å². The molecule has 86 valence electrons. The minimum atomic E-state index is -4.43. The minimum Gasteiger partial charge on any atom is -0.274 e. The highest BCUT2D eigenvalue weighted by atomic mass is 19.4. The van der Waals surface area contributed by atoms with Crippen LogP contribution in [0.1, 0.15) is 18.1 Å². The van der Waals surface area contributed by atoms with Gasteiger partial charge < -0.3 is 0 Å². The standard InChI is InChI=1S/C10H9F3N2O/c1-7(16)15-14-6-8-4-2-3-5-9(8)10(11,12)13/h2-6H,1H3,(H,15,16)/b14-6-. The highest BCUT2D eigenvalue weighted by Crippen LogP contribution is 2.30. The second-order valence-electron chi connectivity index (χ2n) is 3.01. The second kappa shape index (κ2) is 4.78. The molecule has 1 aromatic rings. The average molecular weight is 230 g/mol. The van der Waals surface area contributed by atoms with Gasteiger partial charge >= 0.3 is 6.18 Å². The Hall–Kier alpha value is -1.85. The topological polar surface area (TPSA) is 41.5 Å². The largest absolute Gasteiger partial charge is 0.417 e. The molecule has 0 bridgehead atoms. The Kier molecular flexibility index (Phi) is 3.65. The molecule has 1 rings (SSSR count). The normalized spacial score (nSPS) is 11.8. The van der Waals surface area contributed by atoms with E-state index in [0.29, 0.717) is 0 Å². The molecule has 0 aliphatic heterocycles. The lowest BCUT2D eigenvalue weighted by atomic mass is 10.1. The molecule has 1 N–H and O–H groups in total. The third kappa shape index (κ3) is 3.38. The van der Waals surface area contributed by atoms with Gasteiger partial charge in [-0.3, -0.25) is 4.79 Å². The zero-order chi connectivity index (χ0) is 12.2. The van der Waals surface area contributed by atoms with E-state index in [-0.39, 0.29) is 5.56 Å². The first kappa shape index (κ1) is 12.2. The van der Waals surface area contributed by atoms with Crippen molar-refractivity contribution >= 4 is 12.1 Å². The molecule has 6 heteroatoms. The molecule has 0 aromatic heterocycles. The van der Waals surface area contributed by atoms with Crippen LogP contribution in [-0.4, -0.2) is 12.1 Å². The van der Waals surface area contributed by atoms with Gasteiger partial charge in [-0.15, -0.1) is 0 Å². The Morgan fingerprint density at radius 1 is 1.38 bits per heavy atom. The Morgan fingerprint density at radius 3 is 2.56 bits per heavy atom. The molecule has 0 spiro atoms. The summed E-state index contributed by atoms with van der Waals surface area (Å²) in [7, 11) is 0. The van der Waals surface area contributed by atoms with Gasteiger partial charge in [-0.2, -0.15) is 18.3 Å². The van der Waals surface area contributed by atoms with Crippen LogP contribution in [0.4, 0.5) is 13.2 Å². The number of hydrogen-bond acceptors (Lipinski definition) is 2. The van der Waals surface area contributed by atoms with Crippen LogP contribution in [0.5, 0.6) is 0 Å². The molecule has 0 fully saturated rings. The number of hydrogen-bond donors (Lipinski definition) is 1. The summed E-state index contributed by atoms with van der Waals surface area (Å²) in [5, 5.41) is 3.39. The quantitative estimate of drug-likeness (QED) is 0.614. The van der Waals surface area contributed by atoms with E-state index in [1.165, 1.54) is 25.1 Å². The molecule has 1 aromatic carbocycles. The maximum Gasteiger partial charge on any atom is 0.417 e. The Bertz CT molecular complexity index is 413. The molecular formula is C10H9F3N2O. The van der Waals surface area contributed by atoms with Crippen molar-refractivity contribution in [2.45, 2.75) is 13.1 Å². The molecule has 0 radical (unpaired) electrons. The van der Waals surface area contributed by atoms with Gasteiger partial charge in [-0.1, -0.05) is 18.2 Å². The first-order valence-corrected chi connectivity index (χ1v) is 4.37. The lowest BCUT2D eigenvalue weighted by Gasteiger charge is -2.08. The third-order valence-electron chi connectivity index (χ3n) is 1.69. The number of hydrazone groups is 1. The maximum atomic E-state index is 12.5. The van der Waals surface area contributed by atoms with Gasteiger partial charge in [-0.05, 0) is 6.07 Å². The van der Waals surface area contributed by atoms with Gasteiger partial charge in [0.1, 0.15) is 0 Å². The molecule has 1 amide bonds. The van der Waals surface area contributed by atoms with Gasteiger partial charge in [-0.25, -0.2) is 5.43 Å². The van der Waals surface area contributed by atoms with Crippen molar-refractivity contribution in [3.8, 4) is 0 Å². The number of benzene rings is 1. The smallest absolute Gasteiger partial charge is 0.274 e. The number of nitrogens with one attached hydrogen (secondary N) is 1. The van der Waals surface area contributed by atoms with E-state index in [4.69, 9.17) is 0 Å². The van der Waals surface area contributed by atoms with Crippen LogP contribution >= 0.6 is 0 Å². The molecule has 16 heavy (non-hydrogen) atoms. The summed E-state index contributed by atoms with van der Waals surface area (Å²) in [5.41, 5.74) is 1.15. The maximum absolute atomic E-state index is 12.5. The molecule has 0 saturated heterocycles. The third-order valence-corrected chi connectivity index (χ3v) is 1.69. The van der Waals surface area contributed by atoms with Gasteiger partial charge in [0, 0.05) is 12.5 Å². The minimum absolute atomic E-state index is 0.0937. The van der Waals surface area contributed by atoms with Crippen molar-refractivity contribution in [1.82, 2.24) is 5.43 Å². The number of halogens is 3. The summed E-state index contributed by atoms with van der Waals surface area (Å²) < 4.78 is 37.5. The molecule has 0 aliphatic carbocycles. The van der Waals surface area contributed by atoms with Crippen molar-refractivity contribution in [1.29, 1.82) is 0 Å². The Morgan fingerprint density at radius 2 is 2.00 bits per heavy atom. The fourth-order valence-electron chi connectivity index (χ4n) is 1.06. The predicted octanol–water partition coefficient (Wildman–Crippen LogP) is 2.18. The SMILES string of the molecule is CC(=O)N/N=C\c1ccccc1C(F)(F)F. The lowest BCUT2D eigenvalue weighted by Crippen LogP contribution is -2.13. The van der Waals surface area contributed by atoms with E-state index in [1.54, 1.807) is 0 Å². The van der Waals surface area contributed by atoms with Crippen molar-refractivity contribution in [3.63, 3.8) is 0 Å². The second-order valence-corrected chi connectivity index (χ2v) is 3.01.